The molecule has 0 bridgehead atoms. The first kappa shape index (κ1) is 30.0. The minimum Gasteiger partial charge on any atom is -0.490 e. The van der Waals surface area contributed by atoms with Crippen LogP contribution in [0, 0.1) is 0 Å². The third kappa shape index (κ3) is 9.68. The number of hydrogen-bond acceptors (Lipinski definition) is 10. The highest BCUT2D eigenvalue weighted by Gasteiger charge is 2.17. The van der Waals surface area contributed by atoms with E-state index in [4.69, 9.17) is 36.7 Å². The van der Waals surface area contributed by atoms with Gasteiger partial charge in [-0.2, -0.15) is 14.0 Å². The highest BCUT2D eigenvalue weighted by molar-refractivity contribution is 7.09. The van der Waals surface area contributed by atoms with Crippen LogP contribution in [0.5, 0.6) is 5.75 Å². The zero-order valence-electron chi connectivity index (χ0n) is 20.5. The van der Waals surface area contributed by atoms with Crippen molar-refractivity contribution in [2.45, 2.75) is 26.8 Å². The van der Waals surface area contributed by atoms with Gasteiger partial charge in [0.05, 0.1) is 18.3 Å². The Morgan fingerprint density at radius 1 is 1.25 bits per heavy atom. The van der Waals surface area contributed by atoms with Crippen molar-refractivity contribution in [1.29, 1.82) is 0 Å². The van der Waals surface area contributed by atoms with Gasteiger partial charge in [-0.25, -0.2) is 0 Å². The molecule has 2 heterocycles. The van der Waals surface area contributed by atoms with Gasteiger partial charge in [-0.05, 0) is 30.7 Å². The number of oxime groups is 1. The van der Waals surface area contributed by atoms with Gasteiger partial charge in [0.1, 0.15) is 12.4 Å². The van der Waals surface area contributed by atoms with Crippen molar-refractivity contribution in [3.63, 3.8) is 0 Å². The van der Waals surface area contributed by atoms with E-state index in [1.165, 1.54) is 0 Å². The summed E-state index contributed by atoms with van der Waals surface area (Å²) in [5, 5.41) is 10.8. The van der Waals surface area contributed by atoms with Crippen LogP contribution in [-0.2, 0) is 28.0 Å². The number of benzene rings is 1. The molecule has 0 aliphatic carbocycles. The van der Waals surface area contributed by atoms with Gasteiger partial charge in [0, 0.05) is 11.5 Å². The number of anilines is 1. The predicted molar refractivity (Wildman–Crippen MR) is 136 cm³/mol. The summed E-state index contributed by atoms with van der Waals surface area (Å²) in [6, 6.07) is 7.74. The number of carbonyl (C=O) groups excluding carboxylic acids is 1. The Labute approximate surface area is 213 Å². The maximum atomic E-state index is 11.5. The molecule has 196 valence electrons. The van der Waals surface area contributed by atoms with E-state index in [2.05, 4.69) is 31.6 Å². The van der Waals surface area contributed by atoms with E-state index in [0.717, 1.165) is 35.6 Å². The fraction of sp³-hybridized carbons (Fsp3) is 0.364. The number of ether oxygens (including phenoxy) is 1. The van der Waals surface area contributed by atoms with Crippen LogP contribution in [0.4, 0.5) is 5.13 Å². The molecule has 0 unspecified atom stereocenters. The predicted octanol–water partition coefficient (Wildman–Crippen LogP) is 0.774. The number of aromatic nitrogens is 4. The van der Waals surface area contributed by atoms with Crippen LogP contribution in [0.1, 0.15) is 26.1 Å². The fourth-order valence-electron chi connectivity index (χ4n) is 2.76. The quantitative estimate of drug-likeness (QED) is 0.0925. The van der Waals surface area contributed by atoms with Gasteiger partial charge >= 0.3 is 0 Å². The van der Waals surface area contributed by atoms with Gasteiger partial charge in [0.25, 0.3) is 12.4 Å². The number of rotatable bonds is 11. The van der Waals surface area contributed by atoms with E-state index in [0.29, 0.717) is 12.3 Å². The van der Waals surface area contributed by atoms with Crippen molar-refractivity contribution in [3.05, 3.63) is 42.5 Å². The topological polar surface area (TPSA) is 198 Å². The Morgan fingerprint density at radius 3 is 2.47 bits per heavy atom. The summed E-state index contributed by atoms with van der Waals surface area (Å²) in [7, 11) is 2.00. The molecule has 0 fully saturated rings. The van der Waals surface area contributed by atoms with E-state index >= 15 is 0 Å². The number of primary amides is 1. The molecular weight excluding hydrogens is 488 g/mol. The summed E-state index contributed by atoms with van der Waals surface area (Å²) in [4.78, 5) is 28.8. The van der Waals surface area contributed by atoms with Crippen molar-refractivity contribution in [2.24, 2.45) is 23.7 Å². The second kappa shape index (κ2) is 16.6. The minimum atomic E-state index is -0.806. The van der Waals surface area contributed by atoms with Crippen molar-refractivity contribution in [1.82, 2.24) is 14.0 Å². The Morgan fingerprint density at radius 2 is 1.92 bits per heavy atom. The van der Waals surface area contributed by atoms with Crippen molar-refractivity contribution < 1.29 is 29.0 Å². The molecule has 0 aliphatic heterocycles. The van der Waals surface area contributed by atoms with E-state index < -0.39 is 5.91 Å². The molecule has 14 heteroatoms. The van der Waals surface area contributed by atoms with E-state index in [9.17, 15) is 4.79 Å². The first-order valence-corrected chi connectivity index (χ1v) is 11.8. The molecule has 0 radical (unpaired) electrons. The van der Waals surface area contributed by atoms with Gasteiger partial charge in [-0.1, -0.05) is 31.1 Å². The zero-order chi connectivity index (χ0) is 26.9. The number of nitrogens with zero attached hydrogens (tertiary/aromatic N) is 5. The SMILES string of the molecule is CC.C[n+]1cc(-c2ccc(OCCO/N=C(\C(N)=O)c3nsc(N)n3)cc2)cn1CCCN.O=CO. The number of nitrogens with two attached hydrogens (primary N) is 3. The van der Waals surface area contributed by atoms with Gasteiger partial charge in [0.2, 0.25) is 17.7 Å². The smallest absolute Gasteiger partial charge is 0.290 e. The largest absolute Gasteiger partial charge is 0.490 e. The Hall–Kier alpha value is -4.04. The lowest BCUT2D eigenvalue weighted by atomic mass is 10.1. The van der Waals surface area contributed by atoms with Gasteiger partial charge in [-0.3, -0.25) is 9.59 Å². The van der Waals surface area contributed by atoms with Crippen LogP contribution in [0.2, 0.25) is 0 Å². The lowest BCUT2D eigenvalue weighted by Crippen LogP contribution is -2.38. The van der Waals surface area contributed by atoms with Crippen LogP contribution < -0.4 is 26.6 Å². The van der Waals surface area contributed by atoms with Gasteiger partial charge in [-0.15, -0.1) is 4.68 Å². The zero-order valence-corrected chi connectivity index (χ0v) is 21.4. The van der Waals surface area contributed by atoms with Gasteiger partial charge in [0.15, 0.2) is 18.8 Å². The average Bonchev–Trinajstić information content (AvgIpc) is 3.47. The fourth-order valence-corrected chi connectivity index (χ4v) is 3.20. The first-order chi connectivity index (χ1) is 17.4. The second-order valence-electron chi connectivity index (χ2n) is 6.66. The molecule has 0 saturated heterocycles. The lowest BCUT2D eigenvalue weighted by molar-refractivity contribution is -0.753. The normalized spacial score (nSPS) is 10.4. The minimum absolute atomic E-state index is 0.0387. The number of carbonyl (C=O) groups is 2. The van der Waals surface area contributed by atoms with Crippen LogP contribution in [-0.4, -0.2) is 57.0 Å². The molecular formula is C22H33N8O5S+. The number of nitrogen functional groups attached to an aromatic ring is 1. The summed E-state index contributed by atoms with van der Waals surface area (Å²) in [6.45, 7) is 5.62. The molecule has 36 heavy (non-hydrogen) atoms. The Kier molecular flexibility index (Phi) is 13.8. The summed E-state index contributed by atoms with van der Waals surface area (Å²) in [5.41, 5.74) is 18.4. The summed E-state index contributed by atoms with van der Waals surface area (Å²) >= 11 is 0.936. The Bertz CT molecular complexity index is 1100. The van der Waals surface area contributed by atoms with Crippen LogP contribution in [0.3, 0.4) is 0 Å². The first-order valence-electron chi connectivity index (χ1n) is 11.1. The summed E-state index contributed by atoms with van der Waals surface area (Å²) in [5.74, 6) is -0.0799. The van der Waals surface area contributed by atoms with Crippen LogP contribution in [0.15, 0.2) is 41.8 Å². The maximum absolute atomic E-state index is 11.5. The lowest BCUT2D eigenvalue weighted by Gasteiger charge is -2.06. The second-order valence-corrected chi connectivity index (χ2v) is 7.45. The van der Waals surface area contributed by atoms with Crippen LogP contribution >= 0.6 is 11.5 Å². The number of hydrogen-bond donors (Lipinski definition) is 4. The van der Waals surface area contributed by atoms with E-state index in [1.807, 2.05) is 49.8 Å². The molecule has 0 atom stereocenters. The molecule has 3 aromatic rings. The molecule has 13 nitrogen and oxygen atoms in total. The highest BCUT2D eigenvalue weighted by Crippen LogP contribution is 2.21. The molecule has 7 N–H and O–H groups in total. The number of carboxylic acid groups (broad SMARTS) is 1. The molecule has 0 spiro atoms. The monoisotopic (exact) mass is 521 g/mol. The van der Waals surface area contributed by atoms with Crippen molar-refractivity contribution >= 4 is 34.8 Å². The molecule has 0 saturated carbocycles. The van der Waals surface area contributed by atoms with E-state index in [-0.39, 0.29) is 36.4 Å². The molecule has 2 aromatic heterocycles. The highest BCUT2D eigenvalue weighted by atomic mass is 32.1. The molecule has 1 aromatic carbocycles. The molecule has 3 rings (SSSR count). The van der Waals surface area contributed by atoms with Crippen molar-refractivity contribution in [3.8, 4) is 16.9 Å². The summed E-state index contributed by atoms with van der Waals surface area (Å²) < 4.78 is 13.7. The van der Waals surface area contributed by atoms with Crippen LogP contribution in [0.25, 0.3) is 11.1 Å². The molecule has 0 aliphatic rings. The van der Waals surface area contributed by atoms with E-state index in [1.54, 1.807) is 0 Å². The summed E-state index contributed by atoms with van der Waals surface area (Å²) in [6.07, 6.45) is 5.09. The molecule has 1 amide bonds. The average molecular weight is 522 g/mol. The van der Waals surface area contributed by atoms with Crippen molar-refractivity contribution in [2.75, 3.05) is 25.5 Å². The third-order valence-corrected chi connectivity index (χ3v) is 4.83. The maximum Gasteiger partial charge on any atom is 0.290 e. The number of amides is 1. The standard InChI is InChI=1S/C19H24N8O3S.C2H6.CH2O2/c1-26-11-14(12-27(26)8-2-7-20)13-3-5-15(6-4-13)29-9-10-30-24-16(17(21)28)18-23-19(22)31-25-18;1-2;2-1-3/h3-6,11-12H,2,7-10,20H2,1H3,(H3-,21,22,23,25,28);1-2H3;1H,(H,2,3)/p+1/b24-16+;;. The Balaban J connectivity index is 0.00000120. The van der Waals surface area contributed by atoms with Gasteiger partial charge < -0.3 is 31.9 Å². The number of aryl methyl sites for hydroxylation is 2. The third-order valence-electron chi connectivity index (χ3n) is 4.28.